The van der Waals surface area contributed by atoms with E-state index in [0.29, 0.717) is 12.3 Å². The number of rotatable bonds is 11. The molecule has 1 rings (SSSR count). The maximum atomic E-state index is 12.0. The van der Waals surface area contributed by atoms with Crippen LogP contribution in [0.4, 0.5) is 0 Å². The van der Waals surface area contributed by atoms with Crippen molar-refractivity contribution in [2.45, 2.75) is 44.2 Å². The first-order chi connectivity index (χ1) is 12.8. The lowest BCUT2D eigenvalue weighted by Gasteiger charge is -2.27. The van der Waals surface area contributed by atoms with Crippen LogP contribution in [0.5, 0.6) is 0 Å². The molecular weight excluding hydrogens is 362 g/mol. The van der Waals surface area contributed by atoms with Crippen molar-refractivity contribution < 1.29 is 39.9 Å². The quantitative estimate of drug-likeness (QED) is 0.157. The van der Waals surface area contributed by atoms with Crippen LogP contribution in [0.3, 0.4) is 0 Å². The summed E-state index contributed by atoms with van der Waals surface area (Å²) >= 11 is 0. The zero-order chi connectivity index (χ0) is 20.2. The maximum absolute atomic E-state index is 12.0. The number of carboxylic acids is 1. The van der Waals surface area contributed by atoms with E-state index in [1.54, 1.807) is 0 Å². The van der Waals surface area contributed by atoms with E-state index in [-0.39, 0.29) is 25.1 Å². The molecule has 0 radical (unpaired) electrons. The lowest BCUT2D eigenvalue weighted by molar-refractivity contribution is -0.407. The Balaban J connectivity index is 2.18. The van der Waals surface area contributed by atoms with Crippen molar-refractivity contribution in [1.82, 2.24) is 16.0 Å². The highest BCUT2D eigenvalue weighted by Crippen LogP contribution is 2.28. The maximum Gasteiger partial charge on any atom is 0.322 e. The van der Waals surface area contributed by atoms with Gasteiger partial charge in [-0.1, -0.05) is 0 Å². The summed E-state index contributed by atoms with van der Waals surface area (Å²) < 4.78 is 0. The molecule has 1 aliphatic rings. The van der Waals surface area contributed by atoms with E-state index in [1.165, 1.54) is 0 Å². The number of hydrogen-bond donors (Lipinski definition) is 6. The minimum Gasteiger partial charge on any atom is -0.480 e. The molecule has 0 aromatic carbocycles. The van der Waals surface area contributed by atoms with E-state index < -0.39 is 30.4 Å². The van der Waals surface area contributed by atoms with Crippen molar-refractivity contribution in [3.05, 3.63) is 0 Å². The summed E-state index contributed by atoms with van der Waals surface area (Å²) in [7, 11) is 0. The topological polar surface area (TPSA) is 197 Å². The summed E-state index contributed by atoms with van der Waals surface area (Å²) in [5.41, 5.74) is 3.84. The highest BCUT2D eigenvalue weighted by Gasteiger charge is 2.28. The third kappa shape index (κ3) is 9.84. The Morgan fingerprint density at radius 2 is 1.56 bits per heavy atom. The van der Waals surface area contributed by atoms with E-state index in [9.17, 15) is 19.2 Å². The van der Waals surface area contributed by atoms with Gasteiger partial charge < -0.3 is 26.8 Å². The minimum absolute atomic E-state index is 0.0280. The molecule has 1 aliphatic carbocycles. The second-order valence-electron chi connectivity index (χ2n) is 6.43. The lowest BCUT2D eigenvalue weighted by atomic mass is 9.83. The predicted octanol–water partition coefficient (Wildman–Crippen LogP) is -3.20. The molecule has 0 aromatic rings. The third-order valence-electron chi connectivity index (χ3n) is 4.28. The Morgan fingerprint density at radius 1 is 1.00 bits per heavy atom. The minimum atomic E-state index is -1.18. The van der Waals surface area contributed by atoms with Gasteiger partial charge in [-0.2, -0.15) is 5.90 Å². The molecular formula is C15H28N5O7+. The largest absolute Gasteiger partial charge is 0.480 e. The standard InChI is InChI=1S/C15H27N5O7/c16-11(5-9-1-3-10(4-2-9)26-27-17)15(25)20-7-13(22)18-6-12(21)19-8-14(23)24/h9-11H,1-8,16-17H2,(H,18,22)(H,19,21)(H,20,25)(H,23,24)/p+1. The van der Waals surface area contributed by atoms with Gasteiger partial charge in [0.25, 0.3) is 5.91 Å². The first-order valence-electron chi connectivity index (χ1n) is 8.70. The van der Waals surface area contributed by atoms with E-state index in [1.807, 2.05) is 0 Å². The van der Waals surface area contributed by atoms with Gasteiger partial charge in [0.05, 0.1) is 19.2 Å². The molecule has 1 unspecified atom stereocenters. The molecule has 0 heterocycles. The van der Waals surface area contributed by atoms with Gasteiger partial charge in [-0.05, 0) is 31.6 Å². The first-order valence-corrected chi connectivity index (χ1v) is 8.70. The van der Waals surface area contributed by atoms with Crippen LogP contribution in [0.2, 0.25) is 0 Å². The summed E-state index contributed by atoms with van der Waals surface area (Å²) in [5, 5.41) is 15.3. The molecule has 0 aromatic heterocycles. The smallest absolute Gasteiger partial charge is 0.322 e. The van der Waals surface area contributed by atoms with Gasteiger partial charge in [0.15, 0.2) is 6.04 Å². The number of nitrogens with two attached hydrogens (primary N) is 1. The van der Waals surface area contributed by atoms with Crippen molar-refractivity contribution >= 4 is 23.7 Å². The molecule has 9 N–H and O–H groups in total. The number of amides is 3. The lowest BCUT2D eigenvalue weighted by Crippen LogP contribution is -2.68. The van der Waals surface area contributed by atoms with Gasteiger partial charge >= 0.3 is 5.97 Å². The molecule has 0 saturated heterocycles. The van der Waals surface area contributed by atoms with Gasteiger partial charge in [0.2, 0.25) is 11.8 Å². The van der Waals surface area contributed by atoms with Crippen LogP contribution < -0.4 is 27.6 Å². The summed E-state index contributed by atoms with van der Waals surface area (Å²) in [6.45, 7) is -1.18. The van der Waals surface area contributed by atoms with Gasteiger partial charge in [-0.25, -0.2) is 4.89 Å². The van der Waals surface area contributed by atoms with E-state index in [4.69, 9.17) is 15.9 Å². The molecule has 0 aliphatic heterocycles. The van der Waals surface area contributed by atoms with Crippen molar-refractivity contribution in [3.63, 3.8) is 0 Å². The molecule has 1 atom stereocenters. The molecule has 1 fully saturated rings. The molecule has 0 spiro atoms. The van der Waals surface area contributed by atoms with Crippen LogP contribution in [-0.4, -0.2) is 60.6 Å². The van der Waals surface area contributed by atoms with E-state index in [0.717, 1.165) is 25.7 Å². The van der Waals surface area contributed by atoms with Crippen molar-refractivity contribution in [1.29, 1.82) is 0 Å². The number of nitrogens with one attached hydrogen (secondary N) is 3. The van der Waals surface area contributed by atoms with Gasteiger partial charge in [-0.3, -0.25) is 19.2 Å². The number of carboxylic acid groups (broad SMARTS) is 1. The molecule has 1 saturated carbocycles. The summed E-state index contributed by atoms with van der Waals surface area (Å²) in [5.74, 6) is 2.50. The van der Waals surface area contributed by atoms with Crippen LogP contribution >= 0.6 is 0 Å². The highest BCUT2D eigenvalue weighted by atomic mass is 17.3. The summed E-state index contributed by atoms with van der Waals surface area (Å²) in [6.07, 6.45) is 3.91. The second-order valence-corrected chi connectivity index (χ2v) is 6.43. The average Bonchev–Trinajstić information content (AvgIpc) is 2.64. The average molecular weight is 390 g/mol. The molecule has 27 heavy (non-hydrogen) atoms. The Bertz CT molecular complexity index is 523. The van der Waals surface area contributed by atoms with Crippen LogP contribution in [0.15, 0.2) is 0 Å². The Morgan fingerprint density at radius 3 is 2.11 bits per heavy atom. The SMILES string of the molecule is NOOC1CCC(CC([NH3+])C(=O)NCC(=O)NCC(=O)NCC(=O)O)CC1. The second kappa shape index (κ2) is 12.2. The van der Waals surface area contributed by atoms with Gasteiger partial charge in [0, 0.05) is 6.42 Å². The fourth-order valence-corrected chi connectivity index (χ4v) is 2.84. The number of carbonyl (C=O) groups is 4. The van der Waals surface area contributed by atoms with Crippen LogP contribution in [0.25, 0.3) is 0 Å². The number of hydrogen-bond acceptors (Lipinski definition) is 7. The number of quaternary nitrogens is 1. The zero-order valence-corrected chi connectivity index (χ0v) is 15.1. The molecule has 3 amide bonds. The first kappa shape index (κ1) is 22.8. The van der Waals surface area contributed by atoms with Crippen molar-refractivity contribution in [3.8, 4) is 0 Å². The fraction of sp³-hybridized carbons (Fsp3) is 0.733. The van der Waals surface area contributed by atoms with Gasteiger partial charge in [0.1, 0.15) is 6.54 Å². The van der Waals surface area contributed by atoms with Crippen LogP contribution in [-0.2, 0) is 29.1 Å². The zero-order valence-electron chi connectivity index (χ0n) is 15.1. The third-order valence-corrected chi connectivity index (χ3v) is 4.28. The molecule has 12 heteroatoms. The van der Waals surface area contributed by atoms with Crippen LogP contribution in [0.1, 0.15) is 32.1 Å². The summed E-state index contributed by atoms with van der Waals surface area (Å²) in [6, 6.07) is -0.495. The monoisotopic (exact) mass is 390 g/mol. The molecule has 154 valence electrons. The Kier molecular flexibility index (Phi) is 10.3. The normalized spacial score (nSPS) is 20.4. The van der Waals surface area contributed by atoms with Crippen LogP contribution in [0, 0.1) is 5.92 Å². The van der Waals surface area contributed by atoms with Gasteiger partial charge in [-0.15, -0.1) is 4.99 Å². The highest BCUT2D eigenvalue weighted by molar-refractivity contribution is 5.89. The molecule has 0 bridgehead atoms. The number of carbonyl (C=O) groups excluding carboxylic acids is 3. The predicted molar refractivity (Wildman–Crippen MR) is 90.1 cm³/mol. The Labute approximate surface area is 156 Å². The van der Waals surface area contributed by atoms with Crippen molar-refractivity contribution in [2.75, 3.05) is 19.6 Å². The fourth-order valence-electron chi connectivity index (χ4n) is 2.84. The molecule has 12 nitrogen and oxygen atoms in total. The number of aliphatic carboxylic acids is 1. The summed E-state index contributed by atoms with van der Waals surface area (Å²) in [4.78, 5) is 54.3. The van der Waals surface area contributed by atoms with E-state index >= 15 is 0 Å². The van der Waals surface area contributed by atoms with Crippen molar-refractivity contribution in [2.24, 2.45) is 11.8 Å². The van der Waals surface area contributed by atoms with E-state index in [2.05, 4.69) is 26.7 Å². The Hall–Kier alpha value is -2.28.